The highest BCUT2D eigenvalue weighted by Gasteiger charge is 2.30. The molecule has 11 heavy (non-hydrogen) atoms. The molecule has 1 aliphatic rings. The molecule has 3 nitrogen and oxygen atoms in total. The molecule has 4 heteroatoms. The number of halogens is 1. The first kappa shape index (κ1) is 9.00. The molecule has 1 rings (SSSR count). The molecule has 0 aliphatic carbocycles. The summed E-state index contributed by atoms with van der Waals surface area (Å²) < 4.78 is 5.18. The Bertz CT molecular complexity index is 155. The van der Waals surface area contributed by atoms with E-state index in [0.29, 0.717) is 11.9 Å². The summed E-state index contributed by atoms with van der Waals surface area (Å²) in [4.78, 5) is 11.0. The highest BCUT2D eigenvalue weighted by atomic mass is 79.9. The molecule has 1 amide bonds. The second kappa shape index (κ2) is 3.54. The molecule has 0 radical (unpaired) electrons. The smallest absolute Gasteiger partial charge is 0.231 e. The first-order chi connectivity index (χ1) is 5.16. The van der Waals surface area contributed by atoms with Crippen molar-refractivity contribution >= 4 is 21.8 Å². The quantitative estimate of drug-likeness (QED) is 0.697. The number of rotatable bonds is 2. The zero-order valence-electron chi connectivity index (χ0n) is 6.52. The van der Waals surface area contributed by atoms with Crippen LogP contribution in [-0.4, -0.2) is 30.0 Å². The summed E-state index contributed by atoms with van der Waals surface area (Å²) >= 11 is 3.09. The van der Waals surface area contributed by atoms with Gasteiger partial charge in [0.05, 0.1) is 17.5 Å². The van der Waals surface area contributed by atoms with Crippen LogP contribution >= 0.6 is 15.9 Å². The van der Waals surface area contributed by atoms with Gasteiger partial charge in [0.1, 0.15) is 0 Å². The van der Waals surface area contributed by atoms with Gasteiger partial charge >= 0.3 is 0 Å². The van der Waals surface area contributed by atoms with Crippen molar-refractivity contribution in [1.82, 2.24) is 5.32 Å². The summed E-state index contributed by atoms with van der Waals surface area (Å²) in [6, 6.07) is 0. The van der Waals surface area contributed by atoms with E-state index in [1.165, 1.54) is 0 Å². The molecule has 0 bridgehead atoms. The van der Waals surface area contributed by atoms with Gasteiger partial charge in [-0.15, -0.1) is 0 Å². The average Bonchev–Trinajstić information content (AvgIpc) is 2.36. The summed E-state index contributed by atoms with van der Waals surface area (Å²) in [7, 11) is 0. The lowest BCUT2D eigenvalue weighted by molar-refractivity contribution is -0.120. The molecule has 1 atom stereocenters. The molecule has 1 saturated heterocycles. The summed E-state index contributed by atoms with van der Waals surface area (Å²) in [5.74, 6) is 0.0259. The highest BCUT2D eigenvalue weighted by Crippen LogP contribution is 2.17. The Morgan fingerprint density at radius 3 is 3.00 bits per heavy atom. The molecule has 1 fully saturated rings. The van der Waals surface area contributed by atoms with E-state index in [9.17, 15) is 4.79 Å². The first-order valence-corrected chi connectivity index (χ1v) is 4.73. The van der Waals surface area contributed by atoms with E-state index in [0.717, 1.165) is 13.0 Å². The van der Waals surface area contributed by atoms with Crippen molar-refractivity contribution in [3.63, 3.8) is 0 Å². The maximum absolute atomic E-state index is 11.0. The molecule has 0 spiro atoms. The molecular weight excluding hydrogens is 210 g/mol. The van der Waals surface area contributed by atoms with Crippen LogP contribution in [0.25, 0.3) is 0 Å². The molecule has 1 unspecified atom stereocenters. The molecular formula is C7H12BrNO2. The van der Waals surface area contributed by atoms with Crippen LogP contribution in [0.1, 0.15) is 13.3 Å². The van der Waals surface area contributed by atoms with Crippen LogP contribution in [0.4, 0.5) is 0 Å². The average molecular weight is 222 g/mol. The zero-order chi connectivity index (χ0) is 8.32. The SMILES string of the molecule is CC1(NC(=O)CBr)CCOC1. The third-order valence-electron chi connectivity index (χ3n) is 1.78. The number of carbonyl (C=O) groups excluding carboxylic acids is 1. The van der Waals surface area contributed by atoms with Crippen LogP contribution in [-0.2, 0) is 9.53 Å². The van der Waals surface area contributed by atoms with Gasteiger partial charge < -0.3 is 10.1 Å². The Hall–Kier alpha value is -0.0900. The van der Waals surface area contributed by atoms with Crippen molar-refractivity contribution in [2.24, 2.45) is 0 Å². The van der Waals surface area contributed by atoms with Crippen LogP contribution in [0.2, 0.25) is 0 Å². The molecule has 1 heterocycles. The second-order valence-corrected chi connectivity index (χ2v) is 3.61. The minimum Gasteiger partial charge on any atom is -0.379 e. The lowest BCUT2D eigenvalue weighted by Crippen LogP contribution is -2.46. The summed E-state index contributed by atoms with van der Waals surface area (Å²) in [5.41, 5.74) is -0.134. The van der Waals surface area contributed by atoms with Crippen LogP contribution in [0, 0.1) is 0 Å². The predicted molar refractivity (Wildman–Crippen MR) is 45.8 cm³/mol. The fraction of sp³-hybridized carbons (Fsp3) is 0.857. The number of nitrogens with one attached hydrogen (secondary N) is 1. The number of hydrogen-bond acceptors (Lipinski definition) is 2. The molecule has 64 valence electrons. The van der Waals surface area contributed by atoms with Crippen molar-refractivity contribution in [1.29, 1.82) is 0 Å². The van der Waals surface area contributed by atoms with E-state index in [1.807, 2.05) is 6.92 Å². The van der Waals surface area contributed by atoms with Crippen molar-refractivity contribution in [2.75, 3.05) is 18.5 Å². The van der Waals surface area contributed by atoms with Gasteiger partial charge in [-0.05, 0) is 13.3 Å². The van der Waals surface area contributed by atoms with Gasteiger partial charge in [-0.3, -0.25) is 4.79 Å². The van der Waals surface area contributed by atoms with E-state index in [4.69, 9.17) is 4.74 Å². The van der Waals surface area contributed by atoms with Crippen molar-refractivity contribution in [3.8, 4) is 0 Å². The third kappa shape index (κ3) is 2.45. The van der Waals surface area contributed by atoms with Gasteiger partial charge in [0, 0.05) is 6.61 Å². The van der Waals surface area contributed by atoms with Gasteiger partial charge in [-0.25, -0.2) is 0 Å². The monoisotopic (exact) mass is 221 g/mol. The maximum atomic E-state index is 11.0. The molecule has 1 N–H and O–H groups in total. The topological polar surface area (TPSA) is 38.3 Å². The second-order valence-electron chi connectivity index (χ2n) is 3.05. The summed E-state index contributed by atoms with van der Waals surface area (Å²) in [5, 5.41) is 3.26. The van der Waals surface area contributed by atoms with Gasteiger partial charge in [0.15, 0.2) is 0 Å². The Kier molecular flexibility index (Phi) is 2.90. The molecule has 0 saturated carbocycles. The fourth-order valence-corrected chi connectivity index (χ4v) is 1.28. The van der Waals surface area contributed by atoms with Crippen LogP contribution < -0.4 is 5.32 Å². The van der Waals surface area contributed by atoms with E-state index in [1.54, 1.807) is 0 Å². The van der Waals surface area contributed by atoms with Gasteiger partial charge in [-0.2, -0.15) is 0 Å². The number of amides is 1. The Balaban J connectivity index is 2.39. The van der Waals surface area contributed by atoms with Crippen molar-refractivity contribution < 1.29 is 9.53 Å². The first-order valence-electron chi connectivity index (χ1n) is 3.61. The van der Waals surface area contributed by atoms with Crippen molar-refractivity contribution in [3.05, 3.63) is 0 Å². The zero-order valence-corrected chi connectivity index (χ0v) is 8.11. The number of carbonyl (C=O) groups is 1. The van der Waals surface area contributed by atoms with Crippen molar-refractivity contribution in [2.45, 2.75) is 18.9 Å². The maximum Gasteiger partial charge on any atom is 0.231 e. The minimum absolute atomic E-state index is 0.0259. The summed E-state index contributed by atoms with van der Waals surface area (Å²) in [6.45, 7) is 3.38. The lowest BCUT2D eigenvalue weighted by atomic mass is 10.0. The van der Waals surface area contributed by atoms with E-state index >= 15 is 0 Å². The Labute approximate surface area is 74.6 Å². The van der Waals surface area contributed by atoms with Gasteiger partial charge in [0.2, 0.25) is 5.91 Å². The fourth-order valence-electron chi connectivity index (χ4n) is 1.14. The molecule has 0 aromatic rings. The Morgan fingerprint density at radius 2 is 2.55 bits per heavy atom. The van der Waals surface area contributed by atoms with Gasteiger partial charge in [0.25, 0.3) is 0 Å². The summed E-state index contributed by atoms with van der Waals surface area (Å²) in [6.07, 6.45) is 0.908. The van der Waals surface area contributed by atoms with E-state index in [-0.39, 0.29) is 11.4 Å². The normalized spacial score (nSPS) is 30.4. The molecule has 0 aromatic carbocycles. The number of alkyl halides is 1. The Morgan fingerprint density at radius 1 is 1.82 bits per heavy atom. The minimum atomic E-state index is -0.134. The standard InChI is InChI=1S/C7H12BrNO2/c1-7(2-3-11-5-7)9-6(10)4-8/h2-5H2,1H3,(H,9,10). The van der Waals surface area contributed by atoms with E-state index < -0.39 is 0 Å². The largest absolute Gasteiger partial charge is 0.379 e. The van der Waals surface area contributed by atoms with Crippen LogP contribution in [0.5, 0.6) is 0 Å². The predicted octanol–water partition coefficient (Wildman–Crippen LogP) is 0.676. The lowest BCUT2D eigenvalue weighted by Gasteiger charge is -2.22. The molecule has 0 aromatic heterocycles. The molecule has 1 aliphatic heterocycles. The van der Waals surface area contributed by atoms with Crippen LogP contribution in [0.15, 0.2) is 0 Å². The number of ether oxygens (including phenoxy) is 1. The highest BCUT2D eigenvalue weighted by molar-refractivity contribution is 9.09. The van der Waals surface area contributed by atoms with E-state index in [2.05, 4.69) is 21.2 Å². The van der Waals surface area contributed by atoms with Gasteiger partial charge in [-0.1, -0.05) is 15.9 Å². The third-order valence-corrected chi connectivity index (χ3v) is 2.29. The number of hydrogen-bond donors (Lipinski definition) is 1. The van der Waals surface area contributed by atoms with Crippen LogP contribution in [0.3, 0.4) is 0 Å².